The minimum atomic E-state index is 0.0966. The van der Waals surface area contributed by atoms with Crippen molar-refractivity contribution < 1.29 is 4.79 Å². The van der Waals surface area contributed by atoms with Gasteiger partial charge in [0.1, 0.15) is 5.00 Å². The van der Waals surface area contributed by atoms with E-state index in [1.807, 2.05) is 6.92 Å². The zero-order valence-corrected chi connectivity index (χ0v) is 12.8. The summed E-state index contributed by atoms with van der Waals surface area (Å²) in [5.74, 6) is 0.0966. The van der Waals surface area contributed by atoms with Gasteiger partial charge in [-0.2, -0.15) is 4.37 Å². The van der Waals surface area contributed by atoms with Crippen molar-refractivity contribution in [2.75, 3.05) is 25.0 Å². The van der Waals surface area contributed by atoms with Crippen LogP contribution in [0.5, 0.6) is 0 Å². The van der Waals surface area contributed by atoms with Crippen LogP contribution in [0.2, 0.25) is 0 Å². The Morgan fingerprint density at radius 1 is 1.42 bits per heavy atom. The Hall–Kier alpha value is -0.940. The Bertz CT molecular complexity index is 438. The third kappa shape index (κ3) is 3.54. The first kappa shape index (κ1) is 14.5. The first-order valence-corrected chi connectivity index (χ1v) is 7.82. The summed E-state index contributed by atoms with van der Waals surface area (Å²) in [5.41, 5.74) is 1.60. The van der Waals surface area contributed by atoms with Crippen molar-refractivity contribution >= 4 is 22.3 Å². The second kappa shape index (κ2) is 6.48. The number of aromatic nitrogens is 1. The monoisotopic (exact) mass is 281 g/mol. The number of rotatable bonds is 5. The summed E-state index contributed by atoms with van der Waals surface area (Å²) >= 11 is 1.39. The minimum absolute atomic E-state index is 0.0966. The maximum atomic E-state index is 11.6. The van der Waals surface area contributed by atoms with Gasteiger partial charge in [0.25, 0.3) is 0 Å². The third-order valence-electron chi connectivity index (χ3n) is 3.79. The number of aryl methyl sites for hydroxylation is 1. The molecule has 0 aromatic carbocycles. The highest BCUT2D eigenvalue weighted by Crippen LogP contribution is 2.25. The molecule has 0 radical (unpaired) electrons. The fourth-order valence-electron chi connectivity index (χ4n) is 2.63. The lowest BCUT2D eigenvalue weighted by molar-refractivity contribution is 0.101. The molecule has 0 aliphatic carbocycles. The number of hydrogen-bond acceptors (Lipinski definition) is 5. The molecule has 1 aliphatic rings. The maximum absolute atomic E-state index is 11.6. The molecule has 1 aliphatic heterocycles. The summed E-state index contributed by atoms with van der Waals surface area (Å²) in [6.07, 6.45) is 3.98. The van der Waals surface area contributed by atoms with Crippen LogP contribution in [0.3, 0.4) is 0 Å². The average molecular weight is 281 g/mol. The van der Waals surface area contributed by atoms with Gasteiger partial charge in [0.05, 0.1) is 11.3 Å². The van der Waals surface area contributed by atoms with E-state index in [2.05, 4.69) is 21.5 Å². The molecule has 4 nitrogen and oxygen atoms in total. The van der Waals surface area contributed by atoms with Crippen molar-refractivity contribution in [3.05, 3.63) is 11.3 Å². The van der Waals surface area contributed by atoms with Gasteiger partial charge in [0.15, 0.2) is 5.78 Å². The van der Waals surface area contributed by atoms with Crippen molar-refractivity contribution in [1.29, 1.82) is 0 Å². The third-order valence-corrected chi connectivity index (χ3v) is 4.68. The van der Waals surface area contributed by atoms with Crippen molar-refractivity contribution in [3.8, 4) is 0 Å². The Morgan fingerprint density at radius 2 is 2.11 bits per heavy atom. The van der Waals surface area contributed by atoms with Crippen molar-refractivity contribution in [3.63, 3.8) is 0 Å². The van der Waals surface area contributed by atoms with Crippen LogP contribution in [0.15, 0.2) is 0 Å². The molecule has 5 heteroatoms. The van der Waals surface area contributed by atoms with Gasteiger partial charge >= 0.3 is 0 Å². The first-order valence-electron chi connectivity index (χ1n) is 7.04. The molecule has 2 heterocycles. The second-order valence-corrected chi connectivity index (χ2v) is 6.13. The number of nitrogens with one attached hydrogen (secondary N) is 1. The van der Waals surface area contributed by atoms with Crippen LogP contribution in [0.1, 0.15) is 49.2 Å². The molecule has 0 bridgehead atoms. The molecule has 1 atom stereocenters. The fraction of sp³-hybridized carbons (Fsp3) is 0.714. The molecule has 0 saturated carbocycles. The zero-order valence-electron chi connectivity index (χ0n) is 12.0. The van der Waals surface area contributed by atoms with E-state index in [-0.39, 0.29) is 5.78 Å². The highest BCUT2D eigenvalue weighted by molar-refractivity contribution is 7.10. The van der Waals surface area contributed by atoms with Crippen molar-refractivity contribution in [2.45, 2.75) is 46.1 Å². The maximum Gasteiger partial charge on any atom is 0.164 e. The second-order valence-electron chi connectivity index (χ2n) is 5.35. The summed E-state index contributed by atoms with van der Waals surface area (Å²) in [7, 11) is 0. The van der Waals surface area contributed by atoms with Crippen LogP contribution in [0, 0.1) is 6.92 Å². The van der Waals surface area contributed by atoms with E-state index in [4.69, 9.17) is 0 Å². The van der Waals surface area contributed by atoms with Gasteiger partial charge in [-0.3, -0.25) is 9.69 Å². The lowest BCUT2D eigenvalue weighted by atomic mass is 10.1. The van der Waals surface area contributed by atoms with E-state index in [0.717, 1.165) is 22.8 Å². The van der Waals surface area contributed by atoms with E-state index in [0.29, 0.717) is 6.04 Å². The quantitative estimate of drug-likeness (QED) is 0.843. The van der Waals surface area contributed by atoms with Crippen LogP contribution in [-0.2, 0) is 0 Å². The van der Waals surface area contributed by atoms with E-state index < -0.39 is 0 Å². The van der Waals surface area contributed by atoms with E-state index >= 15 is 0 Å². The number of anilines is 1. The lowest BCUT2D eigenvalue weighted by Gasteiger charge is -2.32. The fourth-order valence-corrected chi connectivity index (χ4v) is 3.48. The SMILES string of the molecule is CC(=O)c1c(C)nsc1NCC(C)N1CCCCC1. The van der Waals surface area contributed by atoms with Gasteiger partial charge in [0.2, 0.25) is 0 Å². The summed E-state index contributed by atoms with van der Waals surface area (Å²) in [6.45, 7) is 9.03. The van der Waals surface area contributed by atoms with Crippen LogP contribution < -0.4 is 5.32 Å². The average Bonchev–Trinajstić information content (AvgIpc) is 2.78. The first-order chi connectivity index (χ1) is 9.09. The number of carbonyl (C=O) groups is 1. The van der Waals surface area contributed by atoms with Gasteiger partial charge in [0, 0.05) is 12.6 Å². The van der Waals surface area contributed by atoms with Crippen molar-refractivity contribution in [2.24, 2.45) is 0 Å². The van der Waals surface area contributed by atoms with Crippen LogP contribution >= 0.6 is 11.5 Å². The van der Waals surface area contributed by atoms with Gasteiger partial charge in [-0.15, -0.1) is 0 Å². The largest absolute Gasteiger partial charge is 0.374 e. The van der Waals surface area contributed by atoms with Gasteiger partial charge in [-0.25, -0.2) is 0 Å². The van der Waals surface area contributed by atoms with Gasteiger partial charge in [-0.05, 0) is 58.2 Å². The van der Waals surface area contributed by atoms with E-state index in [1.54, 1.807) is 6.92 Å². The number of likely N-dealkylation sites (tertiary alicyclic amines) is 1. The molecule has 2 rings (SSSR count). The van der Waals surface area contributed by atoms with Crippen LogP contribution in [0.4, 0.5) is 5.00 Å². The van der Waals surface area contributed by atoms with E-state index in [9.17, 15) is 4.79 Å². The number of hydrogen-bond donors (Lipinski definition) is 1. The zero-order chi connectivity index (χ0) is 13.8. The Labute approximate surface area is 119 Å². The summed E-state index contributed by atoms with van der Waals surface area (Å²) in [4.78, 5) is 14.1. The van der Waals surface area contributed by atoms with Gasteiger partial charge < -0.3 is 5.32 Å². The highest BCUT2D eigenvalue weighted by atomic mass is 32.1. The smallest absolute Gasteiger partial charge is 0.164 e. The lowest BCUT2D eigenvalue weighted by Crippen LogP contribution is -2.41. The molecule has 0 spiro atoms. The van der Waals surface area contributed by atoms with Crippen molar-refractivity contribution in [1.82, 2.24) is 9.27 Å². The summed E-state index contributed by atoms with van der Waals surface area (Å²) in [6, 6.07) is 0.502. The number of nitrogens with zero attached hydrogens (tertiary/aromatic N) is 2. The predicted octanol–water partition coefficient (Wildman–Crippen LogP) is 2.94. The van der Waals surface area contributed by atoms with Gasteiger partial charge in [-0.1, -0.05) is 6.42 Å². The number of Topliss-reactive ketones (excluding diaryl/α,β-unsaturated/α-hetero) is 1. The molecule has 1 unspecified atom stereocenters. The number of ketones is 1. The Kier molecular flexibility index (Phi) is 4.93. The summed E-state index contributed by atoms with van der Waals surface area (Å²) in [5, 5.41) is 4.33. The molecule has 1 aromatic heterocycles. The van der Waals surface area contributed by atoms with E-state index in [1.165, 1.54) is 43.9 Å². The normalized spacial score (nSPS) is 18.3. The molecule has 0 amide bonds. The molecule has 1 aromatic rings. The molecular weight excluding hydrogens is 258 g/mol. The molecule has 1 N–H and O–H groups in total. The topological polar surface area (TPSA) is 45.2 Å². The van der Waals surface area contributed by atoms with Crippen LogP contribution in [0.25, 0.3) is 0 Å². The van der Waals surface area contributed by atoms with Crippen LogP contribution in [-0.4, -0.2) is 40.7 Å². The Morgan fingerprint density at radius 3 is 2.74 bits per heavy atom. The number of carbonyl (C=O) groups excluding carboxylic acids is 1. The minimum Gasteiger partial charge on any atom is -0.374 e. The summed E-state index contributed by atoms with van der Waals surface area (Å²) < 4.78 is 4.27. The molecule has 106 valence electrons. The Balaban J connectivity index is 1.93. The molecule has 1 saturated heterocycles. The molecular formula is C14H23N3OS. The molecule has 1 fully saturated rings. The predicted molar refractivity (Wildman–Crippen MR) is 80.2 cm³/mol. The standard InChI is InChI=1S/C14H23N3OS/c1-10(17-7-5-4-6-8-17)9-15-14-13(12(3)18)11(2)16-19-14/h10,15H,4-9H2,1-3H3. The molecule has 19 heavy (non-hydrogen) atoms. The number of piperidine rings is 1. The highest BCUT2D eigenvalue weighted by Gasteiger charge is 2.19.